The van der Waals surface area contributed by atoms with Crippen molar-refractivity contribution in [3.05, 3.63) is 123 Å². The molecule has 0 radical (unpaired) electrons. The van der Waals surface area contributed by atoms with E-state index in [1.54, 1.807) is 31.2 Å². The van der Waals surface area contributed by atoms with Crippen LogP contribution in [-0.4, -0.2) is 12.7 Å². The SMILES string of the molecule is CCOC(=O)Nc1ccccc1-c1c(-c2ccc(Cl)cc2)c2c(=O)c3ccccc3c2c2c(=O)c3ccccc3c12. The Bertz CT molecular complexity index is 2260. The van der Waals surface area contributed by atoms with Gasteiger partial charge >= 0.3 is 6.09 Å². The Kier molecular flexibility index (Phi) is 5.84. The molecule has 0 bridgehead atoms. The highest BCUT2D eigenvalue weighted by molar-refractivity contribution is 6.36. The Morgan fingerprint density at radius 3 is 1.88 bits per heavy atom. The van der Waals surface area contributed by atoms with Gasteiger partial charge in [0.25, 0.3) is 0 Å². The molecule has 0 heterocycles. The normalized spacial score (nSPS) is 11.6. The first kappa shape index (κ1) is 25.0. The predicted molar refractivity (Wildman–Crippen MR) is 168 cm³/mol. The number of anilines is 1. The van der Waals surface area contributed by atoms with E-state index in [0.29, 0.717) is 54.3 Å². The average Bonchev–Trinajstić information content (AvgIpc) is 3.45. The van der Waals surface area contributed by atoms with Gasteiger partial charge in [-0.3, -0.25) is 14.9 Å². The maximum atomic E-state index is 14.2. The van der Waals surface area contributed by atoms with Crippen LogP contribution in [0.15, 0.2) is 107 Å². The van der Waals surface area contributed by atoms with E-state index in [1.165, 1.54) is 0 Å². The minimum atomic E-state index is -0.592. The molecule has 0 spiro atoms. The van der Waals surface area contributed by atoms with Gasteiger partial charge < -0.3 is 4.74 Å². The third-order valence-corrected chi connectivity index (χ3v) is 7.93. The Balaban J connectivity index is 1.79. The number of ether oxygens (including phenoxy) is 1. The van der Waals surface area contributed by atoms with Gasteiger partial charge in [-0.15, -0.1) is 0 Å². The lowest BCUT2D eigenvalue weighted by atomic mass is 9.86. The molecular formula is C35H22ClNO4. The fourth-order valence-corrected chi connectivity index (χ4v) is 6.20. The van der Waals surface area contributed by atoms with Crippen LogP contribution in [0, 0.1) is 0 Å². The molecule has 0 aliphatic heterocycles. The van der Waals surface area contributed by atoms with Crippen molar-refractivity contribution in [1.29, 1.82) is 0 Å². The van der Waals surface area contributed by atoms with Gasteiger partial charge in [0.2, 0.25) is 0 Å². The van der Waals surface area contributed by atoms with Crippen molar-refractivity contribution in [1.82, 2.24) is 0 Å². The smallest absolute Gasteiger partial charge is 0.411 e. The van der Waals surface area contributed by atoms with E-state index in [2.05, 4.69) is 5.32 Å². The molecule has 1 amide bonds. The van der Waals surface area contributed by atoms with Gasteiger partial charge in [0, 0.05) is 54.0 Å². The zero-order valence-corrected chi connectivity index (χ0v) is 22.7. The highest BCUT2D eigenvalue weighted by atomic mass is 35.5. The number of halogens is 1. The van der Waals surface area contributed by atoms with Crippen LogP contribution in [0.3, 0.4) is 0 Å². The summed E-state index contributed by atoms with van der Waals surface area (Å²) in [6.45, 7) is 1.95. The van der Waals surface area contributed by atoms with Crippen molar-refractivity contribution in [2.24, 2.45) is 0 Å². The third-order valence-electron chi connectivity index (χ3n) is 7.68. The topological polar surface area (TPSA) is 72.5 Å². The number of fused-ring (bicyclic) bond motifs is 7. The number of carbonyl (C=O) groups excluding carboxylic acids is 1. The fraction of sp³-hybridized carbons (Fsp3) is 0.0571. The molecule has 0 saturated carbocycles. The minimum absolute atomic E-state index is 0.129. The maximum Gasteiger partial charge on any atom is 0.411 e. The van der Waals surface area contributed by atoms with Crippen LogP contribution in [0.1, 0.15) is 6.92 Å². The third kappa shape index (κ3) is 3.74. The highest BCUT2D eigenvalue weighted by Gasteiger charge is 2.28. The van der Waals surface area contributed by atoms with Gasteiger partial charge in [0.15, 0.2) is 10.9 Å². The lowest BCUT2D eigenvalue weighted by Gasteiger charge is -2.18. The summed E-state index contributed by atoms with van der Waals surface area (Å²) in [4.78, 5) is 41.0. The summed E-state index contributed by atoms with van der Waals surface area (Å²) in [6.07, 6.45) is -0.592. The molecule has 0 fully saturated rings. The highest BCUT2D eigenvalue weighted by Crippen LogP contribution is 2.49. The van der Waals surface area contributed by atoms with Crippen molar-refractivity contribution in [2.75, 3.05) is 11.9 Å². The first-order valence-electron chi connectivity index (χ1n) is 13.3. The van der Waals surface area contributed by atoms with Crippen molar-refractivity contribution < 1.29 is 9.53 Å². The summed E-state index contributed by atoms with van der Waals surface area (Å²) in [5, 5.41) is 8.43. The molecule has 7 aromatic carbocycles. The summed E-state index contributed by atoms with van der Waals surface area (Å²) in [6, 6.07) is 29.6. The Labute approximate surface area is 239 Å². The molecule has 0 unspecified atom stereocenters. The molecule has 0 aliphatic carbocycles. The molecule has 198 valence electrons. The monoisotopic (exact) mass is 555 g/mol. The van der Waals surface area contributed by atoms with Crippen LogP contribution < -0.4 is 16.2 Å². The molecule has 0 aromatic heterocycles. The van der Waals surface area contributed by atoms with Crippen LogP contribution in [0.2, 0.25) is 5.02 Å². The van der Waals surface area contributed by atoms with Gasteiger partial charge in [-0.25, -0.2) is 4.79 Å². The Morgan fingerprint density at radius 2 is 1.22 bits per heavy atom. The van der Waals surface area contributed by atoms with E-state index in [9.17, 15) is 14.4 Å². The number of rotatable bonds is 4. The lowest BCUT2D eigenvalue weighted by Crippen LogP contribution is -2.14. The number of hydrogen-bond donors (Lipinski definition) is 1. The number of carbonyl (C=O) groups is 1. The summed E-state index contributed by atoms with van der Waals surface area (Å²) >= 11 is 6.29. The second kappa shape index (κ2) is 9.58. The van der Waals surface area contributed by atoms with Crippen molar-refractivity contribution in [3.8, 4) is 22.3 Å². The maximum absolute atomic E-state index is 14.2. The number of para-hydroxylation sites is 1. The molecule has 0 atom stereocenters. The first-order valence-corrected chi connectivity index (χ1v) is 13.7. The van der Waals surface area contributed by atoms with Gasteiger partial charge in [-0.05, 0) is 41.5 Å². The average molecular weight is 556 g/mol. The molecule has 1 N–H and O–H groups in total. The second-order valence-corrected chi connectivity index (χ2v) is 10.3. The quantitative estimate of drug-likeness (QED) is 0.236. The number of nitrogens with one attached hydrogen (secondary N) is 1. The minimum Gasteiger partial charge on any atom is -0.450 e. The van der Waals surface area contributed by atoms with Crippen LogP contribution in [0.4, 0.5) is 10.5 Å². The summed E-state index contributed by atoms with van der Waals surface area (Å²) in [7, 11) is 0. The van der Waals surface area contributed by atoms with Gasteiger partial charge in [-0.2, -0.15) is 0 Å². The Hall–Kier alpha value is -5.00. The van der Waals surface area contributed by atoms with Gasteiger partial charge in [-0.1, -0.05) is 90.5 Å². The number of hydrogen-bond acceptors (Lipinski definition) is 4. The van der Waals surface area contributed by atoms with Crippen LogP contribution in [0.25, 0.3) is 65.3 Å². The van der Waals surface area contributed by atoms with E-state index in [4.69, 9.17) is 16.3 Å². The zero-order valence-electron chi connectivity index (χ0n) is 22.0. The standard InChI is InChI=1S/C35H22ClNO4/c1-2-41-35(40)37-26-14-8-7-13-25(26)30-27(19-15-17-20(36)18-16-19)31-29(22-10-4-6-12-24(22)33(31)38)32-28(30)21-9-3-5-11-23(21)34(32)39/h3-18H,2H2,1H3,(H,37,40). The van der Waals surface area contributed by atoms with E-state index in [1.807, 2.05) is 72.8 Å². The van der Waals surface area contributed by atoms with Crippen LogP contribution in [0.5, 0.6) is 0 Å². The first-order chi connectivity index (χ1) is 20.0. The van der Waals surface area contributed by atoms with Crippen molar-refractivity contribution in [2.45, 2.75) is 6.92 Å². The van der Waals surface area contributed by atoms with Gasteiger partial charge in [0.1, 0.15) is 0 Å². The van der Waals surface area contributed by atoms with E-state index >= 15 is 0 Å². The summed E-state index contributed by atoms with van der Waals surface area (Å²) < 4.78 is 5.19. The molecular weight excluding hydrogens is 534 g/mol. The molecule has 41 heavy (non-hydrogen) atoms. The molecule has 7 aromatic rings. The fourth-order valence-electron chi connectivity index (χ4n) is 6.07. The molecule has 0 aliphatic rings. The number of benzene rings is 5. The van der Waals surface area contributed by atoms with Crippen LogP contribution in [-0.2, 0) is 4.74 Å². The van der Waals surface area contributed by atoms with Crippen LogP contribution >= 0.6 is 11.6 Å². The largest absolute Gasteiger partial charge is 0.450 e. The lowest BCUT2D eigenvalue weighted by molar-refractivity contribution is 0.168. The van der Waals surface area contributed by atoms with Crippen molar-refractivity contribution >= 4 is 66.5 Å². The Morgan fingerprint density at radius 1 is 0.659 bits per heavy atom. The van der Waals surface area contributed by atoms with Crippen molar-refractivity contribution in [3.63, 3.8) is 0 Å². The zero-order chi connectivity index (χ0) is 28.2. The molecule has 0 saturated heterocycles. The summed E-state index contributed by atoms with van der Waals surface area (Å²) in [5.74, 6) is 0. The summed E-state index contributed by atoms with van der Waals surface area (Å²) in [5.41, 5.74) is 3.03. The van der Waals surface area contributed by atoms with E-state index in [0.717, 1.165) is 21.7 Å². The molecule has 6 heteroatoms. The molecule has 5 nitrogen and oxygen atoms in total. The molecule has 7 rings (SSSR count). The number of amides is 1. The van der Waals surface area contributed by atoms with E-state index in [-0.39, 0.29) is 17.5 Å². The van der Waals surface area contributed by atoms with E-state index < -0.39 is 6.09 Å². The predicted octanol–water partition coefficient (Wildman–Crippen LogP) is 8.45. The van der Waals surface area contributed by atoms with Gasteiger partial charge in [0.05, 0.1) is 12.3 Å². The second-order valence-electron chi connectivity index (χ2n) is 9.90.